The number of phosphoric ester groups is 1. The number of ketones is 2. The second kappa shape index (κ2) is 18.1. The van der Waals surface area contributed by atoms with Crippen LogP contribution in [0.15, 0.2) is 47.3 Å². The van der Waals surface area contributed by atoms with Crippen LogP contribution in [0.1, 0.15) is 55.0 Å². The summed E-state index contributed by atoms with van der Waals surface area (Å²) in [6.07, 6.45) is 4.80. The van der Waals surface area contributed by atoms with E-state index in [4.69, 9.17) is 23.0 Å². The van der Waals surface area contributed by atoms with E-state index >= 15 is 0 Å². The predicted molar refractivity (Wildman–Crippen MR) is 210 cm³/mol. The Hall–Kier alpha value is -4.29. The van der Waals surface area contributed by atoms with Gasteiger partial charge in [0.15, 0.2) is 11.6 Å². The number of nitrogens with zero attached hydrogens (tertiary/aromatic N) is 6. The molecule has 17 nitrogen and oxygen atoms in total. The van der Waals surface area contributed by atoms with E-state index in [1.807, 2.05) is 19.1 Å². The molecule has 2 amide bonds. The summed E-state index contributed by atoms with van der Waals surface area (Å²) < 4.78 is 40.5. The van der Waals surface area contributed by atoms with Gasteiger partial charge in [-0.1, -0.05) is 19.1 Å². The molecule has 1 saturated heterocycles. The maximum absolute atomic E-state index is 14.0. The standard InChI is InChI=1S/C38H45BrN7O10P/c1-23-6-10-32(39)42-36(23)43-37(50)30-17-38(3)18-31(38)46(30)34(49)21-45-29-9-7-25(16-28(29)35(44-45)24(2)47)26-19-40-33(41-20-26)11-8-27(48)22-56-57(51,54-14-12-52-4)55-15-13-53-5/h6-7,9-10,16,19-20,30-31H,8,11-15,17-18,21-22H2,1-5H3,(H,42,43,50)/t30-,31+,38-/m0/s1. The molecular weight excluding hydrogens is 825 g/mol. The Kier molecular flexibility index (Phi) is 13.4. The summed E-state index contributed by atoms with van der Waals surface area (Å²) >= 11 is 3.35. The molecule has 1 saturated carbocycles. The number of hydrogen-bond acceptors (Lipinski definition) is 14. The van der Waals surface area contributed by atoms with Crippen LogP contribution >= 0.6 is 23.8 Å². The quantitative estimate of drug-likeness (QED) is 0.0530. The summed E-state index contributed by atoms with van der Waals surface area (Å²) in [4.78, 5) is 67.9. The molecule has 1 aromatic carbocycles. The van der Waals surface area contributed by atoms with Gasteiger partial charge < -0.3 is 19.7 Å². The van der Waals surface area contributed by atoms with Crippen LogP contribution < -0.4 is 5.32 Å². The summed E-state index contributed by atoms with van der Waals surface area (Å²) in [5, 5.41) is 8.03. The normalized spacial score (nSPS) is 18.8. The Balaban J connectivity index is 1.10. The number of aromatic nitrogens is 5. The van der Waals surface area contributed by atoms with E-state index in [9.17, 15) is 23.7 Å². The number of hydrogen-bond donors (Lipinski definition) is 1. The highest BCUT2D eigenvalue weighted by Crippen LogP contribution is 2.59. The van der Waals surface area contributed by atoms with Gasteiger partial charge in [-0.25, -0.2) is 19.5 Å². The van der Waals surface area contributed by atoms with Crippen LogP contribution in [0.2, 0.25) is 0 Å². The lowest BCUT2D eigenvalue weighted by molar-refractivity contribution is -0.138. The molecule has 304 valence electrons. The second-order valence-corrected chi connectivity index (χ2v) is 16.8. The number of carbonyl (C=O) groups excluding carboxylic acids is 4. The van der Waals surface area contributed by atoms with E-state index < -0.39 is 20.5 Å². The molecule has 0 unspecified atom stereocenters. The molecule has 0 spiro atoms. The number of halogens is 1. The molecule has 4 heterocycles. The number of benzene rings is 1. The molecule has 1 aliphatic heterocycles. The summed E-state index contributed by atoms with van der Waals surface area (Å²) in [6.45, 7) is 4.93. The van der Waals surface area contributed by atoms with Crippen LogP contribution in [0.3, 0.4) is 0 Å². The molecule has 3 atom stereocenters. The third-order valence-electron chi connectivity index (χ3n) is 10.0. The molecule has 4 aromatic rings. The number of fused-ring (bicyclic) bond motifs is 2. The molecular formula is C38H45BrN7O10P. The van der Waals surface area contributed by atoms with Gasteiger partial charge in [0.25, 0.3) is 0 Å². The minimum atomic E-state index is -4.01. The van der Waals surface area contributed by atoms with Crippen LogP contribution in [0.4, 0.5) is 5.82 Å². The molecule has 6 rings (SSSR count). The van der Waals surface area contributed by atoms with Crippen molar-refractivity contribution in [3.05, 3.63) is 64.4 Å². The van der Waals surface area contributed by atoms with Crippen molar-refractivity contribution >= 4 is 63.9 Å². The largest absolute Gasteiger partial charge is 0.475 e. The zero-order valence-corrected chi connectivity index (χ0v) is 34.8. The van der Waals surface area contributed by atoms with E-state index in [1.165, 1.54) is 25.8 Å². The van der Waals surface area contributed by atoms with Crippen molar-refractivity contribution in [3.63, 3.8) is 0 Å². The molecule has 2 aliphatic rings. The zero-order valence-electron chi connectivity index (χ0n) is 32.4. The van der Waals surface area contributed by atoms with Gasteiger partial charge in [-0.3, -0.25) is 37.4 Å². The minimum absolute atomic E-state index is 0.0199. The number of anilines is 1. The fourth-order valence-electron chi connectivity index (χ4n) is 6.82. The van der Waals surface area contributed by atoms with Crippen molar-refractivity contribution in [2.45, 2.75) is 65.1 Å². The number of phosphoric acid groups is 1. The van der Waals surface area contributed by atoms with Gasteiger partial charge in [-0.2, -0.15) is 5.10 Å². The Morgan fingerprint density at radius 1 is 0.965 bits per heavy atom. The summed E-state index contributed by atoms with van der Waals surface area (Å²) in [5.41, 5.74) is 2.82. The number of rotatable bonds is 20. The van der Waals surface area contributed by atoms with Crippen LogP contribution in [0.25, 0.3) is 22.0 Å². The number of methoxy groups -OCH3 is 2. The van der Waals surface area contributed by atoms with Crippen molar-refractivity contribution in [1.29, 1.82) is 0 Å². The number of aryl methyl sites for hydroxylation is 2. The first-order chi connectivity index (χ1) is 27.2. The van der Waals surface area contributed by atoms with Crippen molar-refractivity contribution in [2.75, 3.05) is 52.6 Å². The lowest BCUT2D eigenvalue weighted by Crippen LogP contribution is -2.47. The zero-order chi connectivity index (χ0) is 40.9. The molecule has 57 heavy (non-hydrogen) atoms. The van der Waals surface area contributed by atoms with Gasteiger partial charge in [-0.05, 0) is 70.4 Å². The fourth-order valence-corrected chi connectivity index (χ4v) is 8.26. The predicted octanol–water partition coefficient (Wildman–Crippen LogP) is 5.13. The summed E-state index contributed by atoms with van der Waals surface area (Å²) in [7, 11) is -1.08. The van der Waals surface area contributed by atoms with E-state index in [-0.39, 0.29) is 86.3 Å². The fraction of sp³-hybridized carbons (Fsp3) is 0.474. The van der Waals surface area contributed by atoms with Crippen LogP contribution in [-0.4, -0.2) is 112 Å². The number of nitrogens with one attached hydrogen (secondary N) is 1. The first-order valence-corrected chi connectivity index (χ1v) is 20.6. The average Bonchev–Trinajstić information content (AvgIpc) is 3.55. The smallest absolute Gasteiger partial charge is 0.382 e. The van der Waals surface area contributed by atoms with E-state index in [0.717, 1.165) is 12.0 Å². The van der Waals surface area contributed by atoms with E-state index in [2.05, 4.69) is 48.2 Å². The number of carbonyl (C=O) groups is 4. The van der Waals surface area contributed by atoms with Gasteiger partial charge in [-0.15, -0.1) is 0 Å². The maximum Gasteiger partial charge on any atom is 0.475 e. The molecule has 1 aliphatic carbocycles. The van der Waals surface area contributed by atoms with Gasteiger partial charge >= 0.3 is 7.82 Å². The molecule has 3 aromatic heterocycles. The number of amides is 2. The topological polar surface area (TPSA) is 203 Å². The third kappa shape index (κ3) is 10.1. The number of Topliss-reactive ketones (excluding diaryl/α,β-unsaturated/α-hetero) is 2. The number of pyridine rings is 1. The first-order valence-electron chi connectivity index (χ1n) is 18.4. The minimum Gasteiger partial charge on any atom is -0.382 e. The Labute approximate surface area is 337 Å². The SMILES string of the molecule is COCCOP(=O)(OCCOC)OCC(=O)CCc1ncc(-c2ccc3c(c2)c(C(C)=O)nn3CC(=O)N2[C@H](C(=O)Nc3nc(Br)ccc3C)C[C@@]3(C)C[C@@H]23)cn1. The van der Waals surface area contributed by atoms with E-state index in [1.54, 1.807) is 35.5 Å². The summed E-state index contributed by atoms with van der Waals surface area (Å²) in [5.74, 6) is -0.346. The highest BCUT2D eigenvalue weighted by Gasteiger charge is 2.64. The lowest BCUT2D eigenvalue weighted by Gasteiger charge is -2.27. The third-order valence-corrected chi connectivity index (χ3v) is 11.9. The molecule has 0 radical (unpaired) electrons. The monoisotopic (exact) mass is 869 g/mol. The van der Waals surface area contributed by atoms with Gasteiger partial charge in [0.2, 0.25) is 11.8 Å². The molecule has 1 N–H and O–H groups in total. The van der Waals surface area contributed by atoms with Crippen molar-refractivity contribution < 1.29 is 46.8 Å². The van der Waals surface area contributed by atoms with Gasteiger partial charge in [0.1, 0.15) is 41.1 Å². The molecule has 2 fully saturated rings. The van der Waals surface area contributed by atoms with Crippen LogP contribution in [0, 0.1) is 12.3 Å². The Bertz CT molecular complexity index is 2190. The summed E-state index contributed by atoms with van der Waals surface area (Å²) in [6, 6.07) is 8.32. The highest BCUT2D eigenvalue weighted by molar-refractivity contribution is 9.10. The maximum atomic E-state index is 14.0. The van der Waals surface area contributed by atoms with Crippen molar-refractivity contribution in [3.8, 4) is 11.1 Å². The van der Waals surface area contributed by atoms with Crippen molar-refractivity contribution in [2.24, 2.45) is 5.41 Å². The van der Waals surface area contributed by atoms with Crippen LogP contribution in [0.5, 0.6) is 0 Å². The average molecular weight is 871 g/mol. The highest BCUT2D eigenvalue weighted by atomic mass is 79.9. The van der Waals surface area contributed by atoms with Gasteiger partial charge in [0.05, 0.1) is 31.9 Å². The Morgan fingerprint density at radius 3 is 2.33 bits per heavy atom. The van der Waals surface area contributed by atoms with Crippen LogP contribution in [-0.2, 0) is 55.0 Å². The first kappa shape index (κ1) is 42.3. The van der Waals surface area contributed by atoms with E-state index in [0.29, 0.717) is 44.7 Å². The molecule has 0 bridgehead atoms. The van der Waals surface area contributed by atoms with Crippen molar-refractivity contribution in [1.82, 2.24) is 29.6 Å². The lowest BCUT2D eigenvalue weighted by atomic mass is 10.0. The number of likely N-dealkylation sites (tertiary alicyclic amines) is 1. The Morgan fingerprint density at radius 2 is 1.67 bits per heavy atom. The number of piperidine rings is 1. The molecule has 19 heteroatoms. The van der Waals surface area contributed by atoms with Gasteiger partial charge in [0, 0.05) is 63.4 Å². The number of ether oxygens (including phenoxy) is 2. The second-order valence-electron chi connectivity index (χ2n) is 14.3.